The number of benzene rings is 1. The highest BCUT2D eigenvalue weighted by atomic mass is 32.1. The third-order valence-electron chi connectivity index (χ3n) is 4.22. The number of para-hydroxylation sites is 1. The van der Waals surface area contributed by atoms with Gasteiger partial charge in [-0.2, -0.15) is 0 Å². The highest BCUT2D eigenvalue weighted by molar-refractivity contribution is 7.10. The summed E-state index contributed by atoms with van der Waals surface area (Å²) >= 11 is 1.51. The number of rotatable bonds is 8. The van der Waals surface area contributed by atoms with Crippen LogP contribution in [0.5, 0.6) is 5.75 Å². The monoisotopic (exact) mass is 361 g/mol. The maximum atomic E-state index is 12.5. The first-order valence-electron chi connectivity index (χ1n) is 8.03. The summed E-state index contributed by atoms with van der Waals surface area (Å²) < 4.78 is 5.28. The van der Waals surface area contributed by atoms with Gasteiger partial charge in [0, 0.05) is 11.4 Å². The first-order chi connectivity index (χ1) is 11.9. The van der Waals surface area contributed by atoms with Crippen molar-refractivity contribution in [1.82, 2.24) is 5.32 Å². The largest absolute Gasteiger partial charge is 0.496 e. The van der Waals surface area contributed by atoms with Gasteiger partial charge in [-0.1, -0.05) is 24.3 Å². The van der Waals surface area contributed by atoms with E-state index >= 15 is 0 Å². The summed E-state index contributed by atoms with van der Waals surface area (Å²) in [5.74, 6) is -1.19. The van der Waals surface area contributed by atoms with E-state index in [1.54, 1.807) is 13.2 Å². The fraction of sp³-hybridized carbons (Fsp3) is 0.368. The second-order valence-corrected chi connectivity index (χ2v) is 7.31. The van der Waals surface area contributed by atoms with Crippen molar-refractivity contribution >= 4 is 23.2 Å². The van der Waals surface area contributed by atoms with Crippen molar-refractivity contribution in [1.29, 1.82) is 0 Å². The normalized spacial score (nSPS) is 12.4. The van der Waals surface area contributed by atoms with E-state index in [1.807, 2.05) is 49.6 Å². The van der Waals surface area contributed by atoms with E-state index in [4.69, 9.17) is 4.74 Å². The van der Waals surface area contributed by atoms with E-state index in [-0.39, 0.29) is 12.5 Å². The van der Waals surface area contributed by atoms with Crippen LogP contribution in [0.15, 0.2) is 41.8 Å². The number of carbonyl (C=O) groups excluding carboxylic acids is 1. The lowest BCUT2D eigenvalue weighted by atomic mass is 9.90. The molecule has 2 rings (SSSR count). The second-order valence-electron chi connectivity index (χ2n) is 6.36. The Morgan fingerprint density at radius 3 is 2.56 bits per heavy atom. The molecule has 25 heavy (non-hydrogen) atoms. The van der Waals surface area contributed by atoms with Gasteiger partial charge in [0.1, 0.15) is 5.75 Å². The molecular weight excluding hydrogens is 338 g/mol. The number of ether oxygens (including phenoxy) is 1. The molecule has 134 valence electrons. The van der Waals surface area contributed by atoms with Crippen LogP contribution >= 0.6 is 11.3 Å². The Morgan fingerprint density at radius 1 is 1.24 bits per heavy atom. The van der Waals surface area contributed by atoms with Crippen LogP contribution in [0.25, 0.3) is 0 Å². The topological polar surface area (TPSA) is 75.6 Å². The average Bonchev–Trinajstić information content (AvgIpc) is 3.13. The van der Waals surface area contributed by atoms with Crippen molar-refractivity contribution in [3.8, 4) is 5.75 Å². The summed E-state index contributed by atoms with van der Waals surface area (Å²) in [5.41, 5.74) is 0.117. The molecular formula is C19H23NO4S. The Kier molecular flexibility index (Phi) is 6.20. The smallest absolute Gasteiger partial charge is 0.308 e. The van der Waals surface area contributed by atoms with Crippen LogP contribution in [0, 0.1) is 5.92 Å². The number of carboxylic acid groups (broad SMARTS) is 1. The molecule has 0 aliphatic heterocycles. The van der Waals surface area contributed by atoms with Gasteiger partial charge >= 0.3 is 5.97 Å². The van der Waals surface area contributed by atoms with E-state index < -0.39 is 17.3 Å². The van der Waals surface area contributed by atoms with Crippen LogP contribution < -0.4 is 10.1 Å². The summed E-state index contributed by atoms with van der Waals surface area (Å²) in [6.07, 6.45) is 0.291. The first kappa shape index (κ1) is 19.0. The van der Waals surface area contributed by atoms with E-state index in [1.165, 1.54) is 11.3 Å². The minimum atomic E-state index is -0.944. The number of amides is 1. The lowest BCUT2D eigenvalue weighted by molar-refractivity contribution is -0.141. The second kappa shape index (κ2) is 8.16. The van der Waals surface area contributed by atoms with E-state index in [9.17, 15) is 14.7 Å². The van der Waals surface area contributed by atoms with Crippen molar-refractivity contribution in [2.45, 2.75) is 25.7 Å². The van der Waals surface area contributed by atoms with Crippen LogP contribution in [-0.2, 0) is 21.4 Å². The Bertz CT molecular complexity index is 725. The third kappa shape index (κ3) is 4.60. The summed E-state index contributed by atoms with van der Waals surface area (Å²) in [7, 11) is 1.56. The van der Waals surface area contributed by atoms with Crippen LogP contribution in [0.2, 0.25) is 0 Å². The molecule has 0 bridgehead atoms. The zero-order valence-electron chi connectivity index (χ0n) is 14.6. The van der Waals surface area contributed by atoms with E-state index in [2.05, 4.69) is 5.32 Å². The molecule has 1 atom stereocenters. The molecule has 0 aliphatic rings. The maximum Gasteiger partial charge on any atom is 0.308 e. The Morgan fingerprint density at radius 2 is 1.96 bits per heavy atom. The summed E-state index contributed by atoms with van der Waals surface area (Å²) in [6.45, 7) is 3.75. The molecule has 2 aromatic rings. The lowest BCUT2D eigenvalue weighted by Crippen LogP contribution is -2.43. The predicted octanol–water partition coefficient (Wildman–Crippen LogP) is 3.09. The molecule has 1 unspecified atom stereocenters. The fourth-order valence-electron chi connectivity index (χ4n) is 2.57. The zero-order chi connectivity index (χ0) is 18.4. The van der Waals surface area contributed by atoms with Gasteiger partial charge < -0.3 is 15.2 Å². The van der Waals surface area contributed by atoms with Gasteiger partial charge in [-0.25, -0.2) is 0 Å². The fourth-order valence-corrected chi connectivity index (χ4v) is 3.42. The van der Waals surface area contributed by atoms with Crippen molar-refractivity contribution in [2.75, 3.05) is 13.7 Å². The molecule has 1 aromatic carbocycles. The lowest BCUT2D eigenvalue weighted by Gasteiger charge is -2.23. The Hall–Kier alpha value is -2.34. The number of carbonyl (C=O) groups is 2. The van der Waals surface area contributed by atoms with Gasteiger partial charge in [0.15, 0.2) is 0 Å². The molecule has 0 fully saturated rings. The highest BCUT2D eigenvalue weighted by Gasteiger charge is 2.31. The van der Waals surface area contributed by atoms with Gasteiger partial charge in [0.05, 0.1) is 18.4 Å². The highest BCUT2D eigenvalue weighted by Crippen LogP contribution is 2.28. The average molecular weight is 361 g/mol. The van der Waals surface area contributed by atoms with Crippen molar-refractivity contribution in [2.24, 2.45) is 5.92 Å². The van der Waals surface area contributed by atoms with Gasteiger partial charge in [-0.05, 0) is 43.3 Å². The van der Waals surface area contributed by atoms with E-state index in [0.29, 0.717) is 12.2 Å². The summed E-state index contributed by atoms with van der Waals surface area (Å²) in [5, 5.41) is 14.2. The summed E-state index contributed by atoms with van der Waals surface area (Å²) in [6, 6.07) is 11.1. The van der Waals surface area contributed by atoms with Crippen LogP contribution in [0.4, 0.5) is 0 Å². The van der Waals surface area contributed by atoms with Crippen molar-refractivity contribution in [3.63, 3.8) is 0 Å². The van der Waals surface area contributed by atoms with Crippen molar-refractivity contribution < 1.29 is 19.4 Å². The molecule has 1 amide bonds. The molecule has 5 nitrogen and oxygen atoms in total. The van der Waals surface area contributed by atoms with E-state index in [0.717, 1.165) is 10.4 Å². The number of nitrogens with one attached hydrogen (secondary N) is 1. The summed E-state index contributed by atoms with van der Waals surface area (Å²) in [4.78, 5) is 25.1. The van der Waals surface area contributed by atoms with Crippen LogP contribution in [0.3, 0.4) is 0 Å². The first-order valence-corrected chi connectivity index (χ1v) is 8.91. The molecule has 6 heteroatoms. The van der Waals surface area contributed by atoms with Crippen LogP contribution in [-0.4, -0.2) is 30.6 Å². The molecule has 0 spiro atoms. The number of methoxy groups -OCH3 is 1. The molecule has 0 saturated heterocycles. The standard InChI is InChI=1S/C19H23NO4S/c1-19(2,16-9-6-10-25-16)18(23)20-12-14(17(21)22)11-13-7-4-5-8-15(13)24-3/h4-10,14H,11-12H2,1-3H3,(H,20,23)(H,21,22). The molecule has 0 aliphatic carbocycles. The Balaban J connectivity index is 2.05. The number of hydrogen-bond acceptors (Lipinski definition) is 4. The maximum absolute atomic E-state index is 12.5. The number of aliphatic carboxylic acids is 1. The number of carboxylic acids is 1. The van der Waals surface area contributed by atoms with Crippen LogP contribution in [0.1, 0.15) is 24.3 Å². The predicted molar refractivity (Wildman–Crippen MR) is 98.2 cm³/mol. The van der Waals surface area contributed by atoms with Gasteiger partial charge in [0.25, 0.3) is 0 Å². The zero-order valence-corrected chi connectivity index (χ0v) is 15.4. The van der Waals surface area contributed by atoms with Gasteiger partial charge in [-0.3, -0.25) is 9.59 Å². The minimum Gasteiger partial charge on any atom is -0.496 e. The number of hydrogen-bond donors (Lipinski definition) is 2. The molecule has 0 saturated carbocycles. The Labute approximate surface area is 151 Å². The molecule has 1 aromatic heterocycles. The minimum absolute atomic E-state index is 0.0705. The molecule has 1 heterocycles. The third-order valence-corrected chi connectivity index (χ3v) is 5.42. The quantitative estimate of drug-likeness (QED) is 0.758. The van der Waals surface area contributed by atoms with Gasteiger partial charge in [-0.15, -0.1) is 11.3 Å². The SMILES string of the molecule is COc1ccccc1CC(CNC(=O)C(C)(C)c1cccs1)C(=O)O. The van der Waals surface area contributed by atoms with Crippen molar-refractivity contribution in [3.05, 3.63) is 52.2 Å². The molecule has 2 N–H and O–H groups in total. The van der Waals surface area contributed by atoms with Gasteiger partial charge in [0.2, 0.25) is 5.91 Å². The number of thiophene rings is 1. The molecule has 0 radical (unpaired) electrons.